The van der Waals surface area contributed by atoms with Crippen LogP contribution in [0.2, 0.25) is 0 Å². The van der Waals surface area contributed by atoms with Crippen LogP contribution in [0.15, 0.2) is 17.5 Å². The Balaban J connectivity index is 1.71. The van der Waals surface area contributed by atoms with E-state index in [9.17, 15) is 24.3 Å². The molecule has 2 aliphatic heterocycles. The predicted octanol–water partition coefficient (Wildman–Crippen LogP) is 0.356. The fourth-order valence-corrected chi connectivity index (χ4v) is 4.15. The highest BCUT2D eigenvalue weighted by atomic mass is 32.2. The quantitative estimate of drug-likeness (QED) is 0.369. The zero-order valence-electron chi connectivity index (χ0n) is 15.1. The first kappa shape index (κ1) is 19.7. The van der Waals surface area contributed by atoms with Gasteiger partial charge in [0.2, 0.25) is 11.9 Å². The number of carboxylic acids is 1. The van der Waals surface area contributed by atoms with Gasteiger partial charge in [0.1, 0.15) is 29.5 Å². The predicted molar refractivity (Wildman–Crippen MR) is 99.3 cm³/mol. The zero-order valence-corrected chi connectivity index (χ0v) is 16.0. The van der Waals surface area contributed by atoms with Gasteiger partial charge in [-0.1, -0.05) is 6.92 Å². The summed E-state index contributed by atoms with van der Waals surface area (Å²) in [6.07, 6.45) is 1.74. The van der Waals surface area contributed by atoms with Gasteiger partial charge in [0.15, 0.2) is 0 Å². The third kappa shape index (κ3) is 3.81. The van der Waals surface area contributed by atoms with Crippen LogP contribution < -0.4 is 10.6 Å². The van der Waals surface area contributed by atoms with Crippen molar-refractivity contribution in [2.24, 2.45) is 0 Å². The van der Waals surface area contributed by atoms with Crippen molar-refractivity contribution in [2.45, 2.75) is 31.7 Å². The monoisotopic (exact) mass is 409 g/mol. The topological polar surface area (TPSA) is 154 Å². The Kier molecular flexibility index (Phi) is 5.58. The lowest BCUT2D eigenvalue weighted by Crippen LogP contribution is -2.67. The van der Waals surface area contributed by atoms with E-state index in [0.29, 0.717) is 23.6 Å². The summed E-state index contributed by atoms with van der Waals surface area (Å²) in [6.45, 7) is 2.78. The highest BCUT2D eigenvalue weighted by molar-refractivity contribution is 8.00. The molecule has 4 N–H and O–H groups in total. The second-order valence-electron chi connectivity index (χ2n) is 6.12. The molecule has 1 unspecified atom stereocenters. The number of amides is 2. The molecule has 3 heterocycles. The number of hydrogen-bond acceptors (Lipinski definition) is 8. The van der Waals surface area contributed by atoms with Crippen LogP contribution in [-0.2, 0) is 23.9 Å². The summed E-state index contributed by atoms with van der Waals surface area (Å²) < 4.78 is 4.89. The molecular weight excluding hydrogens is 390 g/mol. The number of anilines is 2. The molecule has 28 heavy (non-hydrogen) atoms. The molecule has 3 rings (SSSR count). The number of fused-ring (bicyclic) bond motifs is 1. The van der Waals surface area contributed by atoms with Crippen molar-refractivity contribution in [3.8, 4) is 0 Å². The van der Waals surface area contributed by atoms with Crippen LogP contribution in [0.4, 0.5) is 11.8 Å². The first-order valence-corrected chi connectivity index (χ1v) is 9.51. The molecule has 0 aromatic carbocycles. The molecule has 1 aromatic heterocycles. The second-order valence-corrected chi connectivity index (χ2v) is 7.22. The van der Waals surface area contributed by atoms with Gasteiger partial charge in [0, 0.05) is 24.7 Å². The van der Waals surface area contributed by atoms with Crippen molar-refractivity contribution in [1.82, 2.24) is 14.9 Å². The van der Waals surface area contributed by atoms with E-state index < -0.39 is 29.3 Å². The molecule has 0 radical (unpaired) electrons. The van der Waals surface area contributed by atoms with Gasteiger partial charge < -0.3 is 25.5 Å². The number of aromatic nitrogens is 2. The van der Waals surface area contributed by atoms with Crippen molar-refractivity contribution in [3.63, 3.8) is 0 Å². The number of β-lactam (4-membered cyclic amide) rings is 1. The molecule has 2 amide bonds. The molecular formula is C16H19N5O6S. The summed E-state index contributed by atoms with van der Waals surface area (Å²) >= 11 is 1.36. The van der Waals surface area contributed by atoms with Gasteiger partial charge in [-0.2, -0.15) is 0 Å². The van der Waals surface area contributed by atoms with E-state index in [2.05, 4.69) is 20.6 Å². The SMILES string of the molecule is CCC(=O)Nc1cnc(NC2C(=O)N3C(C(=O)O)=C(COC(C)=O)CS[C@@H]23)[nH]1. The Labute approximate surface area is 163 Å². The zero-order chi connectivity index (χ0) is 20.4. The standard InChI is InChI=1S/C16H19N5O6S/c1-3-10(23)18-9-4-17-16(19-9)20-11-13(24)21-12(15(25)26)8(5-27-7(2)22)6-28-14(11)21/h4,11,14H,3,5-6H2,1-2H3,(H,18,23)(H,25,26)(H2,17,19,20)/t11?,14-/m0/s1. The number of aliphatic carboxylic acids is 1. The number of carbonyl (C=O) groups excluding carboxylic acids is 3. The van der Waals surface area contributed by atoms with E-state index in [0.717, 1.165) is 0 Å². The van der Waals surface area contributed by atoms with Crippen molar-refractivity contribution in [3.05, 3.63) is 17.5 Å². The number of imidazole rings is 1. The fourth-order valence-electron chi connectivity index (χ4n) is 2.83. The fraction of sp³-hybridized carbons (Fsp3) is 0.438. The summed E-state index contributed by atoms with van der Waals surface area (Å²) in [5.74, 6) is -1.38. The number of H-pyrrole nitrogens is 1. The number of aromatic amines is 1. The van der Waals surface area contributed by atoms with Gasteiger partial charge in [0.25, 0.3) is 5.91 Å². The van der Waals surface area contributed by atoms with Crippen LogP contribution in [0.3, 0.4) is 0 Å². The van der Waals surface area contributed by atoms with Crippen LogP contribution in [0, 0.1) is 0 Å². The lowest BCUT2D eigenvalue weighted by atomic mass is 10.0. The number of nitrogens with one attached hydrogen (secondary N) is 3. The minimum atomic E-state index is -1.25. The van der Waals surface area contributed by atoms with E-state index >= 15 is 0 Å². The van der Waals surface area contributed by atoms with Crippen LogP contribution in [-0.4, -0.2) is 67.5 Å². The molecule has 1 aromatic rings. The van der Waals surface area contributed by atoms with E-state index in [1.807, 2.05) is 0 Å². The van der Waals surface area contributed by atoms with Gasteiger partial charge in [-0.25, -0.2) is 9.78 Å². The molecule has 1 saturated heterocycles. The number of ether oxygens (including phenoxy) is 1. The van der Waals surface area contributed by atoms with E-state index in [1.54, 1.807) is 6.92 Å². The number of rotatable bonds is 7. The minimum Gasteiger partial charge on any atom is -0.477 e. The molecule has 0 spiro atoms. The Morgan fingerprint density at radius 3 is 2.86 bits per heavy atom. The van der Waals surface area contributed by atoms with E-state index in [4.69, 9.17) is 4.74 Å². The number of esters is 1. The average Bonchev–Trinajstić information content (AvgIpc) is 3.10. The molecule has 0 bridgehead atoms. The lowest BCUT2D eigenvalue weighted by Gasteiger charge is -2.49. The number of thioether (sulfide) groups is 1. The van der Waals surface area contributed by atoms with Gasteiger partial charge in [-0.05, 0) is 0 Å². The second kappa shape index (κ2) is 7.92. The van der Waals surface area contributed by atoms with Gasteiger partial charge in [-0.3, -0.25) is 19.3 Å². The number of nitrogens with zero attached hydrogens (tertiary/aromatic N) is 2. The Morgan fingerprint density at radius 1 is 1.46 bits per heavy atom. The molecule has 11 nitrogen and oxygen atoms in total. The maximum absolute atomic E-state index is 12.6. The van der Waals surface area contributed by atoms with Gasteiger partial charge in [-0.15, -0.1) is 11.8 Å². The summed E-state index contributed by atoms with van der Waals surface area (Å²) in [7, 11) is 0. The van der Waals surface area contributed by atoms with E-state index in [-0.39, 0.29) is 24.2 Å². The van der Waals surface area contributed by atoms with Crippen LogP contribution >= 0.6 is 11.8 Å². The molecule has 2 atom stereocenters. The summed E-state index contributed by atoms with van der Waals surface area (Å²) in [4.78, 5) is 54.7. The highest BCUT2D eigenvalue weighted by Crippen LogP contribution is 2.41. The van der Waals surface area contributed by atoms with Crippen molar-refractivity contribution >= 4 is 47.3 Å². The van der Waals surface area contributed by atoms with Crippen molar-refractivity contribution in [2.75, 3.05) is 23.0 Å². The number of hydrogen-bond donors (Lipinski definition) is 4. The van der Waals surface area contributed by atoms with Crippen LogP contribution in [0.5, 0.6) is 0 Å². The molecule has 1 fully saturated rings. The molecule has 12 heteroatoms. The smallest absolute Gasteiger partial charge is 0.352 e. The van der Waals surface area contributed by atoms with Gasteiger partial charge >= 0.3 is 11.9 Å². The molecule has 0 aliphatic carbocycles. The summed E-state index contributed by atoms with van der Waals surface area (Å²) in [5, 5.41) is 14.6. The van der Waals surface area contributed by atoms with Crippen molar-refractivity contribution < 1.29 is 29.0 Å². The van der Waals surface area contributed by atoms with Gasteiger partial charge in [0.05, 0.1) is 6.20 Å². The Hall–Kier alpha value is -3.02. The Morgan fingerprint density at radius 2 is 2.21 bits per heavy atom. The van der Waals surface area contributed by atoms with Crippen molar-refractivity contribution in [1.29, 1.82) is 0 Å². The average molecular weight is 409 g/mol. The van der Waals surface area contributed by atoms with E-state index in [1.165, 1.54) is 29.8 Å². The summed E-state index contributed by atoms with van der Waals surface area (Å²) in [6, 6.07) is -0.671. The third-order valence-corrected chi connectivity index (χ3v) is 5.50. The number of carbonyl (C=O) groups is 4. The molecule has 2 aliphatic rings. The summed E-state index contributed by atoms with van der Waals surface area (Å²) in [5.41, 5.74) is 0.224. The first-order chi connectivity index (χ1) is 13.3. The van der Waals surface area contributed by atoms with Crippen LogP contribution in [0.1, 0.15) is 20.3 Å². The molecule has 0 saturated carbocycles. The largest absolute Gasteiger partial charge is 0.477 e. The first-order valence-electron chi connectivity index (χ1n) is 8.46. The maximum atomic E-state index is 12.6. The lowest BCUT2D eigenvalue weighted by molar-refractivity contribution is -0.147. The highest BCUT2D eigenvalue weighted by Gasteiger charge is 2.54. The Bertz CT molecular complexity index is 865. The normalized spacial score (nSPS) is 20.9. The third-order valence-electron chi connectivity index (χ3n) is 4.16. The number of carboxylic acid groups (broad SMARTS) is 1. The van der Waals surface area contributed by atoms with Crippen LogP contribution in [0.25, 0.3) is 0 Å². The molecule has 150 valence electrons. The minimum absolute atomic E-state index is 0.150. The maximum Gasteiger partial charge on any atom is 0.352 e.